The van der Waals surface area contributed by atoms with Crippen LogP contribution in [-0.4, -0.2) is 33.0 Å². The van der Waals surface area contributed by atoms with Crippen LogP contribution in [0.5, 0.6) is 11.6 Å². The number of aromatic nitrogens is 4. The molecule has 1 aliphatic rings. The van der Waals surface area contributed by atoms with Gasteiger partial charge < -0.3 is 14.2 Å². The first-order valence-corrected chi connectivity index (χ1v) is 8.61. The molecule has 1 saturated heterocycles. The molecule has 9 heteroatoms. The summed E-state index contributed by atoms with van der Waals surface area (Å²) in [7, 11) is 0. The number of hydrogen-bond acceptors (Lipinski definition) is 6. The van der Waals surface area contributed by atoms with Gasteiger partial charge in [0.05, 0.1) is 18.8 Å². The Hall–Kier alpha value is -2.19. The molecule has 1 aliphatic heterocycles. The van der Waals surface area contributed by atoms with Crippen molar-refractivity contribution in [2.24, 2.45) is 0 Å². The molecule has 3 aromatic rings. The van der Waals surface area contributed by atoms with Gasteiger partial charge in [-0.15, -0.1) is 0 Å². The zero-order valence-corrected chi connectivity index (χ0v) is 15.0. The molecule has 134 valence electrons. The first kappa shape index (κ1) is 17.2. The molecule has 2 aromatic heterocycles. The van der Waals surface area contributed by atoms with Gasteiger partial charge in [0.25, 0.3) is 0 Å². The lowest BCUT2D eigenvalue weighted by Gasteiger charge is -2.28. The van der Waals surface area contributed by atoms with Crippen LogP contribution in [0.4, 0.5) is 0 Å². The van der Waals surface area contributed by atoms with Gasteiger partial charge in [-0.05, 0) is 30.3 Å². The molecule has 0 N–H and O–H groups in total. The molecule has 0 bridgehead atoms. The highest BCUT2D eigenvalue weighted by molar-refractivity contribution is 6.30. The van der Waals surface area contributed by atoms with Crippen LogP contribution in [0.15, 0.2) is 49.1 Å². The van der Waals surface area contributed by atoms with Crippen LogP contribution in [0.1, 0.15) is 5.56 Å². The number of pyridine rings is 1. The van der Waals surface area contributed by atoms with Crippen molar-refractivity contribution in [3.63, 3.8) is 0 Å². The topological polar surface area (TPSA) is 71.3 Å². The fraction of sp³-hybridized carbons (Fsp3) is 0.235. The standard InChI is InChI=1S/C17H14Cl2N4O3/c18-12-1-3-13(4-2-12)26-15-6-5-14(16(19)22-15)17(24-7-8-25-17)9-23-11-20-10-21-23/h1-6,10-11H,7-9H2. The average molecular weight is 393 g/mol. The Kier molecular flexibility index (Phi) is 4.78. The SMILES string of the molecule is Clc1ccc(Oc2ccc(C3(Cn4cncn4)OCCO3)c(Cl)n2)cc1. The molecule has 0 aliphatic carbocycles. The van der Waals surface area contributed by atoms with E-state index in [0.29, 0.717) is 42.0 Å². The van der Waals surface area contributed by atoms with Gasteiger partial charge in [0, 0.05) is 11.1 Å². The van der Waals surface area contributed by atoms with Crippen molar-refractivity contribution in [2.45, 2.75) is 12.3 Å². The van der Waals surface area contributed by atoms with Crippen molar-refractivity contribution < 1.29 is 14.2 Å². The van der Waals surface area contributed by atoms with E-state index >= 15 is 0 Å². The third-order valence-corrected chi connectivity index (χ3v) is 4.40. The largest absolute Gasteiger partial charge is 0.439 e. The maximum Gasteiger partial charge on any atom is 0.220 e. The Bertz CT molecular complexity index is 882. The van der Waals surface area contributed by atoms with Gasteiger partial charge >= 0.3 is 0 Å². The Morgan fingerprint density at radius 2 is 1.85 bits per heavy atom. The van der Waals surface area contributed by atoms with Crippen LogP contribution in [0, 0.1) is 0 Å². The quantitative estimate of drug-likeness (QED) is 0.616. The molecule has 0 radical (unpaired) electrons. The maximum absolute atomic E-state index is 6.41. The summed E-state index contributed by atoms with van der Waals surface area (Å²) in [5.41, 5.74) is 0.607. The summed E-state index contributed by atoms with van der Waals surface area (Å²) in [6.07, 6.45) is 3.04. The van der Waals surface area contributed by atoms with E-state index in [2.05, 4.69) is 15.1 Å². The van der Waals surface area contributed by atoms with E-state index in [0.717, 1.165) is 0 Å². The third-order valence-electron chi connectivity index (χ3n) is 3.86. The molecule has 1 aromatic carbocycles. The monoisotopic (exact) mass is 392 g/mol. The van der Waals surface area contributed by atoms with E-state index in [1.807, 2.05) is 0 Å². The van der Waals surface area contributed by atoms with Gasteiger partial charge in [0.2, 0.25) is 11.7 Å². The molecule has 3 heterocycles. The van der Waals surface area contributed by atoms with Gasteiger partial charge in [-0.2, -0.15) is 5.10 Å². The highest BCUT2D eigenvalue weighted by Gasteiger charge is 2.41. The molecule has 0 spiro atoms. The molecule has 26 heavy (non-hydrogen) atoms. The number of nitrogens with zero attached hydrogens (tertiary/aromatic N) is 4. The number of benzene rings is 1. The van der Waals surface area contributed by atoms with Gasteiger partial charge in [0.15, 0.2) is 0 Å². The normalized spacial score (nSPS) is 15.9. The van der Waals surface area contributed by atoms with Crippen molar-refractivity contribution in [2.75, 3.05) is 13.2 Å². The van der Waals surface area contributed by atoms with Crippen molar-refractivity contribution in [3.8, 4) is 11.6 Å². The molecule has 7 nitrogen and oxygen atoms in total. The van der Waals surface area contributed by atoms with Gasteiger partial charge in [-0.25, -0.2) is 14.6 Å². The zero-order valence-electron chi connectivity index (χ0n) is 13.5. The lowest BCUT2D eigenvalue weighted by atomic mass is 10.1. The van der Waals surface area contributed by atoms with E-state index in [9.17, 15) is 0 Å². The maximum atomic E-state index is 6.41. The highest BCUT2D eigenvalue weighted by atomic mass is 35.5. The van der Waals surface area contributed by atoms with E-state index < -0.39 is 5.79 Å². The number of rotatable bonds is 5. The number of hydrogen-bond donors (Lipinski definition) is 0. The third kappa shape index (κ3) is 3.52. The summed E-state index contributed by atoms with van der Waals surface area (Å²) < 4.78 is 19.1. The van der Waals surface area contributed by atoms with Crippen molar-refractivity contribution in [1.29, 1.82) is 0 Å². The second-order valence-electron chi connectivity index (χ2n) is 5.59. The van der Waals surface area contributed by atoms with E-state index in [1.54, 1.807) is 47.4 Å². The number of ether oxygens (including phenoxy) is 3. The second-order valence-corrected chi connectivity index (χ2v) is 6.38. The smallest absolute Gasteiger partial charge is 0.220 e. The van der Waals surface area contributed by atoms with Crippen LogP contribution in [0.25, 0.3) is 0 Å². The summed E-state index contributed by atoms with van der Waals surface area (Å²) >= 11 is 12.3. The first-order chi connectivity index (χ1) is 12.6. The van der Waals surface area contributed by atoms with Gasteiger partial charge in [0.1, 0.15) is 30.1 Å². The Balaban J connectivity index is 1.60. The fourth-order valence-corrected chi connectivity index (χ4v) is 3.11. The summed E-state index contributed by atoms with van der Waals surface area (Å²) in [5, 5.41) is 4.97. The van der Waals surface area contributed by atoms with E-state index in [4.69, 9.17) is 37.4 Å². The molecular weight excluding hydrogens is 379 g/mol. The van der Waals surface area contributed by atoms with Crippen LogP contribution < -0.4 is 4.74 Å². The Labute approximate surface area is 159 Å². The molecule has 4 rings (SSSR count). The summed E-state index contributed by atoms with van der Waals surface area (Å²) in [6.45, 7) is 1.22. The van der Waals surface area contributed by atoms with Crippen molar-refractivity contribution >= 4 is 23.2 Å². The van der Waals surface area contributed by atoms with Gasteiger partial charge in [-0.3, -0.25) is 0 Å². The van der Waals surface area contributed by atoms with Crippen LogP contribution >= 0.6 is 23.2 Å². The summed E-state index contributed by atoms with van der Waals surface area (Å²) in [4.78, 5) is 8.26. The predicted octanol–water partition coefficient (Wildman–Crippen LogP) is 3.67. The molecule has 0 atom stereocenters. The summed E-state index contributed by atoms with van der Waals surface area (Å²) in [6, 6.07) is 10.5. The van der Waals surface area contributed by atoms with Crippen molar-refractivity contribution in [3.05, 3.63) is 64.8 Å². The molecule has 0 saturated carbocycles. The zero-order chi connectivity index (χ0) is 18.0. The average Bonchev–Trinajstić information content (AvgIpc) is 3.30. The fourth-order valence-electron chi connectivity index (χ4n) is 2.70. The molecule has 0 unspecified atom stereocenters. The van der Waals surface area contributed by atoms with Crippen LogP contribution in [0.2, 0.25) is 10.2 Å². The Morgan fingerprint density at radius 1 is 1.08 bits per heavy atom. The van der Waals surface area contributed by atoms with E-state index in [-0.39, 0.29) is 5.15 Å². The lowest BCUT2D eigenvalue weighted by Crippen LogP contribution is -2.33. The summed E-state index contributed by atoms with van der Waals surface area (Å²) in [5.74, 6) is -0.0947. The van der Waals surface area contributed by atoms with E-state index in [1.165, 1.54) is 6.33 Å². The van der Waals surface area contributed by atoms with Crippen LogP contribution in [0.3, 0.4) is 0 Å². The minimum Gasteiger partial charge on any atom is -0.439 e. The Morgan fingerprint density at radius 3 is 2.50 bits per heavy atom. The predicted molar refractivity (Wildman–Crippen MR) is 94.4 cm³/mol. The minimum absolute atomic E-state index is 0.235. The highest BCUT2D eigenvalue weighted by Crippen LogP contribution is 2.37. The molecule has 0 amide bonds. The second kappa shape index (κ2) is 7.20. The molecular formula is C17H14Cl2N4O3. The minimum atomic E-state index is -1.06. The van der Waals surface area contributed by atoms with Crippen LogP contribution in [-0.2, 0) is 21.8 Å². The number of halogens is 2. The molecule has 1 fully saturated rings. The lowest BCUT2D eigenvalue weighted by molar-refractivity contribution is -0.177. The first-order valence-electron chi connectivity index (χ1n) is 7.85. The van der Waals surface area contributed by atoms with Gasteiger partial charge in [-0.1, -0.05) is 23.2 Å². The van der Waals surface area contributed by atoms with Crippen molar-refractivity contribution in [1.82, 2.24) is 19.7 Å².